The molecule has 0 spiro atoms. The van der Waals surface area contributed by atoms with Crippen LogP contribution in [0.3, 0.4) is 0 Å². The molecule has 1 aromatic carbocycles. The average Bonchev–Trinajstić information content (AvgIpc) is 2.76. The van der Waals surface area contributed by atoms with E-state index >= 15 is 0 Å². The fourth-order valence-corrected chi connectivity index (χ4v) is 1.99. The average molecular weight is 224 g/mol. The Hall–Kier alpha value is -1.13. The van der Waals surface area contributed by atoms with Gasteiger partial charge < -0.3 is 15.4 Å². The second-order valence-electron chi connectivity index (χ2n) is 3.99. The number of anilines is 1. The van der Waals surface area contributed by atoms with Crippen LogP contribution in [0.15, 0.2) is 24.3 Å². The van der Waals surface area contributed by atoms with Gasteiger partial charge in [0.2, 0.25) is 0 Å². The van der Waals surface area contributed by atoms with Gasteiger partial charge in [-0.15, -0.1) is 0 Å². The molecule has 1 saturated heterocycles. The third kappa shape index (κ3) is 2.71. The van der Waals surface area contributed by atoms with E-state index in [0.29, 0.717) is 13.2 Å². The lowest BCUT2D eigenvalue weighted by atomic mass is 10.3. The summed E-state index contributed by atoms with van der Waals surface area (Å²) in [4.78, 5) is 2.21. The number of benzene rings is 1. The highest BCUT2D eigenvalue weighted by molar-refractivity contribution is 5.47. The predicted octanol–water partition coefficient (Wildman–Crippen LogP) is 1.38. The first kappa shape index (κ1) is 11.4. The molecule has 2 rings (SSSR count). The van der Waals surface area contributed by atoms with Crippen molar-refractivity contribution in [2.75, 3.05) is 31.1 Å². The molecule has 0 amide bonds. The van der Waals surface area contributed by atoms with Crippen LogP contribution in [0.25, 0.3) is 0 Å². The maximum Gasteiger partial charge on any atom is 0.123 e. The lowest BCUT2D eigenvalue weighted by Crippen LogP contribution is -2.24. The summed E-state index contributed by atoms with van der Waals surface area (Å²) in [6.07, 6.45) is 1.27. The van der Waals surface area contributed by atoms with Gasteiger partial charge in [-0.05, 0) is 30.7 Å². The third-order valence-corrected chi connectivity index (χ3v) is 2.81. The van der Waals surface area contributed by atoms with Crippen molar-refractivity contribution in [3.63, 3.8) is 0 Å². The standard InChI is InChI=1S/C12H17FN2O/c13-10-1-3-11(4-2-10)15-7-5-12(9-15)16-8-6-14/h1-4,12H,5-9,14H2. The first-order chi connectivity index (χ1) is 7.79. The number of ether oxygens (including phenoxy) is 1. The van der Waals surface area contributed by atoms with E-state index in [2.05, 4.69) is 4.90 Å². The number of nitrogens with zero attached hydrogens (tertiary/aromatic N) is 1. The molecule has 1 aliphatic rings. The zero-order chi connectivity index (χ0) is 11.4. The van der Waals surface area contributed by atoms with Crippen LogP contribution in [0.5, 0.6) is 0 Å². The number of halogens is 1. The number of hydrogen-bond acceptors (Lipinski definition) is 3. The van der Waals surface area contributed by atoms with Crippen LogP contribution in [0.1, 0.15) is 6.42 Å². The van der Waals surface area contributed by atoms with Crippen LogP contribution in [-0.2, 0) is 4.74 Å². The Morgan fingerprint density at radius 3 is 2.81 bits per heavy atom. The molecule has 1 aromatic rings. The number of hydrogen-bond donors (Lipinski definition) is 1. The van der Waals surface area contributed by atoms with Gasteiger partial charge in [0.05, 0.1) is 12.7 Å². The van der Waals surface area contributed by atoms with E-state index in [1.165, 1.54) is 12.1 Å². The fourth-order valence-electron chi connectivity index (χ4n) is 1.99. The molecular weight excluding hydrogens is 207 g/mol. The molecule has 0 saturated carbocycles. The molecule has 0 radical (unpaired) electrons. The van der Waals surface area contributed by atoms with Crippen molar-refractivity contribution >= 4 is 5.69 Å². The molecule has 1 fully saturated rings. The van der Waals surface area contributed by atoms with Gasteiger partial charge in [0, 0.05) is 25.3 Å². The third-order valence-electron chi connectivity index (χ3n) is 2.81. The zero-order valence-corrected chi connectivity index (χ0v) is 9.23. The Morgan fingerprint density at radius 2 is 2.12 bits per heavy atom. The topological polar surface area (TPSA) is 38.5 Å². The largest absolute Gasteiger partial charge is 0.375 e. The summed E-state index contributed by atoms with van der Waals surface area (Å²) in [6, 6.07) is 6.59. The van der Waals surface area contributed by atoms with E-state index in [0.717, 1.165) is 25.2 Å². The fraction of sp³-hybridized carbons (Fsp3) is 0.500. The number of nitrogens with two attached hydrogens (primary N) is 1. The van der Waals surface area contributed by atoms with Gasteiger partial charge in [0.25, 0.3) is 0 Å². The van der Waals surface area contributed by atoms with Crippen LogP contribution < -0.4 is 10.6 Å². The SMILES string of the molecule is NCCOC1CCN(c2ccc(F)cc2)C1. The summed E-state index contributed by atoms with van der Waals surface area (Å²) < 4.78 is 18.3. The minimum Gasteiger partial charge on any atom is -0.375 e. The van der Waals surface area contributed by atoms with Gasteiger partial charge in [-0.3, -0.25) is 0 Å². The Kier molecular flexibility index (Phi) is 3.74. The van der Waals surface area contributed by atoms with Crippen LogP contribution in [0, 0.1) is 5.82 Å². The van der Waals surface area contributed by atoms with Crippen LogP contribution in [-0.4, -0.2) is 32.3 Å². The highest BCUT2D eigenvalue weighted by Crippen LogP contribution is 2.21. The molecule has 16 heavy (non-hydrogen) atoms. The van der Waals surface area contributed by atoms with Crippen molar-refractivity contribution in [2.45, 2.75) is 12.5 Å². The molecule has 1 aliphatic heterocycles. The molecule has 1 unspecified atom stereocenters. The van der Waals surface area contributed by atoms with E-state index in [1.807, 2.05) is 0 Å². The van der Waals surface area contributed by atoms with Crippen molar-refractivity contribution in [1.29, 1.82) is 0 Å². The highest BCUT2D eigenvalue weighted by Gasteiger charge is 2.22. The Balaban J connectivity index is 1.90. The normalized spacial score (nSPS) is 20.4. The van der Waals surface area contributed by atoms with Gasteiger partial charge in [-0.1, -0.05) is 0 Å². The van der Waals surface area contributed by atoms with Crippen LogP contribution >= 0.6 is 0 Å². The summed E-state index contributed by atoms with van der Waals surface area (Å²) in [6.45, 7) is 3.00. The number of rotatable bonds is 4. The first-order valence-corrected chi connectivity index (χ1v) is 5.62. The smallest absolute Gasteiger partial charge is 0.123 e. The van der Waals surface area contributed by atoms with Gasteiger partial charge >= 0.3 is 0 Å². The lowest BCUT2D eigenvalue weighted by Gasteiger charge is -2.18. The summed E-state index contributed by atoms with van der Waals surface area (Å²) >= 11 is 0. The van der Waals surface area contributed by atoms with Crippen molar-refractivity contribution in [2.24, 2.45) is 5.73 Å². The van der Waals surface area contributed by atoms with Gasteiger partial charge in [-0.2, -0.15) is 0 Å². The zero-order valence-electron chi connectivity index (χ0n) is 9.23. The summed E-state index contributed by atoms with van der Waals surface area (Å²) in [5.74, 6) is -0.195. The molecule has 4 heteroatoms. The Labute approximate surface area is 95.0 Å². The Bertz CT molecular complexity index is 328. The molecule has 1 atom stereocenters. The molecule has 3 nitrogen and oxygen atoms in total. The second-order valence-corrected chi connectivity index (χ2v) is 3.99. The quantitative estimate of drug-likeness (QED) is 0.839. The molecule has 0 aliphatic carbocycles. The second kappa shape index (κ2) is 5.27. The monoisotopic (exact) mass is 224 g/mol. The lowest BCUT2D eigenvalue weighted by molar-refractivity contribution is 0.0742. The van der Waals surface area contributed by atoms with Crippen LogP contribution in [0.4, 0.5) is 10.1 Å². The summed E-state index contributed by atoms with van der Waals surface area (Å²) in [5.41, 5.74) is 6.44. The maximum atomic E-state index is 12.8. The van der Waals surface area contributed by atoms with Crippen molar-refractivity contribution in [3.05, 3.63) is 30.1 Å². The van der Waals surface area contributed by atoms with Crippen molar-refractivity contribution in [1.82, 2.24) is 0 Å². The molecule has 0 bridgehead atoms. The van der Waals surface area contributed by atoms with E-state index < -0.39 is 0 Å². The van der Waals surface area contributed by atoms with E-state index in [1.54, 1.807) is 12.1 Å². The predicted molar refractivity (Wildman–Crippen MR) is 62.0 cm³/mol. The first-order valence-electron chi connectivity index (χ1n) is 5.62. The van der Waals surface area contributed by atoms with E-state index in [4.69, 9.17) is 10.5 Å². The van der Waals surface area contributed by atoms with Crippen molar-refractivity contribution < 1.29 is 9.13 Å². The van der Waals surface area contributed by atoms with Gasteiger partial charge in [-0.25, -0.2) is 4.39 Å². The molecule has 2 N–H and O–H groups in total. The van der Waals surface area contributed by atoms with Crippen LogP contribution in [0.2, 0.25) is 0 Å². The molecule has 1 heterocycles. The Morgan fingerprint density at radius 1 is 1.38 bits per heavy atom. The highest BCUT2D eigenvalue weighted by atomic mass is 19.1. The molecule has 0 aromatic heterocycles. The van der Waals surface area contributed by atoms with Crippen molar-refractivity contribution in [3.8, 4) is 0 Å². The van der Waals surface area contributed by atoms with Gasteiger partial charge in [0.15, 0.2) is 0 Å². The van der Waals surface area contributed by atoms with E-state index in [9.17, 15) is 4.39 Å². The van der Waals surface area contributed by atoms with Gasteiger partial charge in [0.1, 0.15) is 5.82 Å². The molecular formula is C12H17FN2O. The summed E-state index contributed by atoms with van der Waals surface area (Å²) in [7, 11) is 0. The molecule has 88 valence electrons. The maximum absolute atomic E-state index is 12.8. The summed E-state index contributed by atoms with van der Waals surface area (Å²) in [5, 5.41) is 0. The minimum absolute atomic E-state index is 0.195. The van der Waals surface area contributed by atoms with E-state index in [-0.39, 0.29) is 11.9 Å². The minimum atomic E-state index is -0.195.